The van der Waals surface area contributed by atoms with E-state index in [1.54, 1.807) is 12.1 Å². The summed E-state index contributed by atoms with van der Waals surface area (Å²) in [4.78, 5) is 28.2. The molecule has 1 unspecified atom stereocenters. The Labute approximate surface area is 205 Å². The average Bonchev–Trinajstić information content (AvgIpc) is 3.24. The van der Waals surface area contributed by atoms with Crippen LogP contribution in [-0.2, 0) is 22.6 Å². The zero-order valence-corrected chi connectivity index (χ0v) is 19.7. The summed E-state index contributed by atoms with van der Waals surface area (Å²) >= 11 is 0. The number of imidazole rings is 1. The minimum atomic E-state index is -5.08. The quantitative estimate of drug-likeness (QED) is 0.495. The van der Waals surface area contributed by atoms with E-state index in [0.717, 1.165) is 42.0 Å². The molecule has 1 aliphatic rings. The van der Waals surface area contributed by atoms with Crippen LogP contribution in [0.15, 0.2) is 54.9 Å². The fourth-order valence-corrected chi connectivity index (χ4v) is 3.90. The van der Waals surface area contributed by atoms with E-state index < -0.39 is 12.1 Å². The van der Waals surface area contributed by atoms with Gasteiger partial charge in [0.25, 0.3) is 0 Å². The van der Waals surface area contributed by atoms with Gasteiger partial charge in [0.1, 0.15) is 5.82 Å². The van der Waals surface area contributed by atoms with E-state index in [1.807, 2.05) is 20.4 Å². The molecule has 11 heteroatoms. The maximum absolute atomic E-state index is 13.4. The number of carbonyl (C=O) groups excluding carboxylic acids is 1. The van der Waals surface area contributed by atoms with Gasteiger partial charge in [0, 0.05) is 31.9 Å². The Morgan fingerprint density at radius 3 is 2.42 bits per heavy atom. The number of aliphatic carboxylic acids is 1. The summed E-state index contributed by atoms with van der Waals surface area (Å²) in [6, 6.07) is 14.4. The molecule has 1 atom stereocenters. The van der Waals surface area contributed by atoms with Crippen LogP contribution in [0.25, 0.3) is 11.3 Å². The van der Waals surface area contributed by atoms with Crippen LogP contribution >= 0.6 is 0 Å². The Kier molecular flexibility index (Phi) is 8.33. The van der Waals surface area contributed by atoms with Gasteiger partial charge in [-0.25, -0.2) is 14.2 Å². The zero-order valence-electron chi connectivity index (χ0n) is 19.7. The molecule has 3 aromatic rings. The van der Waals surface area contributed by atoms with Gasteiger partial charge in [-0.1, -0.05) is 24.3 Å². The standard InChI is InChI=1S/C23H25FN4O.C2HF3O2/c1-27(2)19-10-8-17(9-11-19)22-23-20(7-4-12-28(23)15-25-22)26-21(29)14-16-5-3-6-18(24)13-16;3-2(4,5)1(6)7/h3,5-6,8-11,13,15,20H,4,7,12,14H2,1-2H3,(H,26,29);(H,6,7). The minimum Gasteiger partial charge on any atom is -0.475 e. The molecule has 0 fully saturated rings. The van der Waals surface area contributed by atoms with Crippen molar-refractivity contribution in [1.29, 1.82) is 0 Å². The third kappa shape index (κ3) is 6.83. The van der Waals surface area contributed by atoms with Gasteiger partial charge in [-0.3, -0.25) is 4.79 Å². The first-order valence-electron chi connectivity index (χ1n) is 11.1. The highest BCUT2D eigenvalue weighted by Crippen LogP contribution is 2.34. The van der Waals surface area contributed by atoms with Crippen LogP contribution < -0.4 is 10.2 Å². The van der Waals surface area contributed by atoms with E-state index in [0.29, 0.717) is 5.56 Å². The van der Waals surface area contributed by atoms with E-state index in [9.17, 15) is 22.4 Å². The number of hydrogen-bond donors (Lipinski definition) is 2. The summed E-state index contributed by atoms with van der Waals surface area (Å²) in [6.07, 6.45) is -1.22. The lowest BCUT2D eigenvalue weighted by molar-refractivity contribution is -0.192. The van der Waals surface area contributed by atoms with Gasteiger partial charge in [-0.2, -0.15) is 13.2 Å². The Morgan fingerprint density at radius 1 is 1.17 bits per heavy atom. The van der Waals surface area contributed by atoms with Gasteiger partial charge >= 0.3 is 12.1 Å². The normalized spacial score (nSPS) is 14.8. The second kappa shape index (κ2) is 11.2. The summed E-state index contributed by atoms with van der Waals surface area (Å²) in [7, 11) is 4.02. The number of aromatic nitrogens is 2. The molecule has 0 spiro atoms. The predicted octanol–water partition coefficient (Wildman–Crippen LogP) is 4.58. The van der Waals surface area contributed by atoms with E-state index in [2.05, 4.69) is 44.0 Å². The number of alkyl halides is 3. The summed E-state index contributed by atoms with van der Waals surface area (Å²) in [5.74, 6) is -3.19. The van der Waals surface area contributed by atoms with Gasteiger partial charge in [0.2, 0.25) is 5.91 Å². The van der Waals surface area contributed by atoms with Crippen molar-refractivity contribution < 1.29 is 32.3 Å². The van der Waals surface area contributed by atoms with E-state index in [1.165, 1.54) is 12.1 Å². The number of hydrogen-bond acceptors (Lipinski definition) is 4. The number of halogens is 4. The summed E-state index contributed by atoms with van der Waals surface area (Å²) < 4.78 is 47.3. The molecule has 0 saturated heterocycles. The Morgan fingerprint density at radius 2 is 1.83 bits per heavy atom. The number of nitrogens with one attached hydrogen (secondary N) is 1. The molecule has 36 heavy (non-hydrogen) atoms. The molecule has 2 heterocycles. The first-order valence-corrected chi connectivity index (χ1v) is 11.1. The molecule has 1 aliphatic heterocycles. The summed E-state index contributed by atoms with van der Waals surface area (Å²) in [5, 5.41) is 10.3. The summed E-state index contributed by atoms with van der Waals surface area (Å²) in [5.41, 5.74) is 4.79. The van der Waals surface area contributed by atoms with Crippen molar-refractivity contribution in [3.8, 4) is 11.3 Å². The molecule has 7 nitrogen and oxygen atoms in total. The van der Waals surface area contributed by atoms with Crippen molar-refractivity contribution in [2.45, 2.75) is 38.0 Å². The fraction of sp³-hybridized carbons (Fsp3) is 0.320. The van der Waals surface area contributed by atoms with E-state index >= 15 is 0 Å². The number of carboxylic acids is 1. The van der Waals surface area contributed by atoms with Crippen molar-refractivity contribution in [2.75, 3.05) is 19.0 Å². The van der Waals surface area contributed by atoms with E-state index in [4.69, 9.17) is 9.90 Å². The predicted molar refractivity (Wildman–Crippen MR) is 126 cm³/mol. The van der Waals surface area contributed by atoms with Gasteiger partial charge in [0.15, 0.2) is 0 Å². The highest BCUT2D eigenvalue weighted by atomic mass is 19.4. The number of carboxylic acid groups (broad SMARTS) is 1. The highest BCUT2D eigenvalue weighted by molar-refractivity contribution is 5.79. The lowest BCUT2D eigenvalue weighted by Crippen LogP contribution is -2.33. The Bertz CT molecular complexity index is 1210. The van der Waals surface area contributed by atoms with Gasteiger partial charge in [-0.15, -0.1) is 0 Å². The van der Waals surface area contributed by atoms with E-state index in [-0.39, 0.29) is 24.2 Å². The van der Waals surface area contributed by atoms with Crippen molar-refractivity contribution in [3.63, 3.8) is 0 Å². The van der Waals surface area contributed by atoms with Gasteiger partial charge in [0.05, 0.1) is 30.2 Å². The summed E-state index contributed by atoms with van der Waals surface area (Å²) in [6.45, 7) is 0.897. The lowest BCUT2D eigenvalue weighted by atomic mass is 9.98. The fourth-order valence-electron chi connectivity index (χ4n) is 3.90. The number of carbonyl (C=O) groups is 2. The molecule has 0 radical (unpaired) electrons. The first-order chi connectivity index (χ1) is 17.0. The molecule has 1 aromatic heterocycles. The average molecular weight is 507 g/mol. The van der Waals surface area contributed by atoms with Gasteiger partial charge in [-0.05, 0) is 42.7 Å². The maximum atomic E-state index is 13.4. The maximum Gasteiger partial charge on any atom is 0.490 e. The number of rotatable bonds is 5. The lowest BCUT2D eigenvalue weighted by Gasteiger charge is -2.26. The molecule has 1 amide bonds. The molecular formula is C25H26F4N4O3. The smallest absolute Gasteiger partial charge is 0.475 e. The molecule has 4 rings (SSSR count). The number of nitrogens with zero attached hydrogens (tertiary/aromatic N) is 3. The van der Waals surface area contributed by atoms with Crippen LogP contribution in [0.2, 0.25) is 0 Å². The van der Waals surface area contributed by atoms with Crippen molar-refractivity contribution >= 4 is 17.6 Å². The SMILES string of the molecule is CN(C)c1ccc(-c2ncn3c2C(NC(=O)Cc2cccc(F)c2)CCC3)cc1.O=C(O)C(F)(F)F. The van der Waals surface area contributed by atoms with Crippen molar-refractivity contribution in [2.24, 2.45) is 0 Å². The molecule has 2 aromatic carbocycles. The second-order valence-corrected chi connectivity index (χ2v) is 8.49. The van der Waals surface area contributed by atoms with Gasteiger partial charge < -0.3 is 19.9 Å². The van der Waals surface area contributed by atoms with Crippen LogP contribution in [-0.4, -0.2) is 46.8 Å². The second-order valence-electron chi connectivity index (χ2n) is 8.49. The molecule has 0 bridgehead atoms. The highest BCUT2D eigenvalue weighted by Gasteiger charge is 2.38. The van der Waals surface area contributed by atoms with Crippen LogP contribution in [0, 0.1) is 5.82 Å². The molecule has 0 saturated carbocycles. The third-order valence-electron chi connectivity index (χ3n) is 5.59. The molecule has 0 aliphatic carbocycles. The Balaban J connectivity index is 0.000000454. The number of fused-ring (bicyclic) bond motifs is 1. The number of amides is 1. The van der Waals surface area contributed by atoms with Crippen molar-refractivity contribution in [1.82, 2.24) is 14.9 Å². The van der Waals surface area contributed by atoms with Crippen LogP contribution in [0.1, 0.15) is 30.1 Å². The molecule has 192 valence electrons. The topological polar surface area (TPSA) is 87.5 Å². The van der Waals surface area contributed by atoms with Crippen LogP contribution in [0.4, 0.5) is 23.2 Å². The number of anilines is 1. The first kappa shape index (κ1) is 26.7. The monoisotopic (exact) mass is 506 g/mol. The van der Waals surface area contributed by atoms with Crippen LogP contribution in [0.3, 0.4) is 0 Å². The Hall–Kier alpha value is -3.89. The zero-order chi connectivity index (χ0) is 26.5. The number of benzene rings is 2. The minimum absolute atomic E-state index is 0.101. The third-order valence-corrected chi connectivity index (χ3v) is 5.59. The molecular weight excluding hydrogens is 480 g/mol. The number of aryl methyl sites for hydroxylation is 1. The molecule has 2 N–H and O–H groups in total. The van der Waals surface area contributed by atoms with Crippen molar-refractivity contribution in [3.05, 3.63) is 71.9 Å². The largest absolute Gasteiger partial charge is 0.490 e. The van der Waals surface area contributed by atoms with Crippen LogP contribution in [0.5, 0.6) is 0 Å².